The number of fused-ring (bicyclic) bond motifs is 3. The number of sulfone groups is 1. The Morgan fingerprint density at radius 1 is 1.38 bits per heavy atom. The van der Waals surface area contributed by atoms with E-state index >= 15 is 0 Å². The van der Waals surface area contributed by atoms with Gasteiger partial charge in [-0.1, -0.05) is 17.7 Å². The normalized spacial score (nSPS) is 32.4. The molecule has 1 aliphatic heterocycles. The molecule has 3 heteroatoms. The van der Waals surface area contributed by atoms with Gasteiger partial charge >= 0.3 is 0 Å². The van der Waals surface area contributed by atoms with Crippen molar-refractivity contribution >= 4 is 9.84 Å². The van der Waals surface area contributed by atoms with Gasteiger partial charge in [0.1, 0.15) is 0 Å². The van der Waals surface area contributed by atoms with Crippen molar-refractivity contribution in [3.8, 4) is 0 Å². The Morgan fingerprint density at radius 3 is 2.92 bits per heavy atom. The van der Waals surface area contributed by atoms with Gasteiger partial charge in [-0.15, -0.1) is 0 Å². The lowest BCUT2D eigenvalue weighted by atomic mass is 10.1. The molecule has 1 aromatic rings. The molecule has 1 aromatic carbocycles. The number of hydrogen-bond acceptors (Lipinski definition) is 2. The molecule has 1 saturated carbocycles. The Balaban J connectivity index is 2.36. The average Bonchev–Trinajstić information content (AvgIpc) is 2.78. The summed E-state index contributed by atoms with van der Waals surface area (Å²) in [6, 6.07) is 5.65. The molecule has 0 bridgehead atoms. The zero-order valence-corrected chi connectivity index (χ0v) is 8.14. The summed E-state index contributed by atoms with van der Waals surface area (Å²) in [5, 5.41) is -0.0794. The number of aryl methyl sites for hydroxylation is 1. The minimum absolute atomic E-state index is 0.0794. The number of hydrogen-bond donors (Lipinski definition) is 0. The fraction of sp³-hybridized carbons (Fsp3) is 0.400. The smallest absolute Gasteiger partial charge is 0.182 e. The summed E-state index contributed by atoms with van der Waals surface area (Å²) in [6.45, 7) is 2.00. The van der Waals surface area contributed by atoms with Gasteiger partial charge in [-0.3, -0.25) is 0 Å². The molecular formula is C10H10O2S. The van der Waals surface area contributed by atoms with E-state index in [0.29, 0.717) is 10.8 Å². The minimum Gasteiger partial charge on any atom is -0.223 e. The minimum atomic E-state index is -2.93. The Kier molecular flexibility index (Phi) is 1.15. The fourth-order valence-electron chi connectivity index (χ4n) is 2.22. The van der Waals surface area contributed by atoms with Gasteiger partial charge < -0.3 is 0 Å². The van der Waals surface area contributed by atoms with E-state index in [9.17, 15) is 8.42 Å². The zero-order chi connectivity index (χ0) is 9.22. The van der Waals surface area contributed by atoms with Crippen molar-refractivity contribution in [3.05, 3.63) is 29.3 Å². The van der Waals surface area contributed by atoms with Crippen molar-refractivity contribution in [2.24, 2.45) is 0 Å². The second-order valence-corrected chi connectivity index (χ2v) is 6.10. The van der Waals surface area contributed by atoms with E-state index in [1.807, 2.05) is 19.1 Å². The Morgan fingerprint density at radius 2 is 2.15 bits per heavy atom. The Bertz CT molecular complexity index is 488. The quantitative estimate of drug-likeness (QED) is 0.629. The van der Waals surface area contributed by atoms with Crippen LogP contribution in [0.4, 0.5) is 0 Å². The van der Waals surface area contributed by atoms with Crippen molar-refractivity contribution in [1.82, 2.24) is 0 Å². The van der Waals surface area contributed by atoms with E-state index in [2.05, 4.69) is 0 Å². The van der Waals surface area contributed by atoms with Crippen molar-refractivity contribution in [3.63, 3.8) is 0 Å². The predicted octanol–water partition coefficient (Wildman–Crippen LogP) is 1.64. The van der Waals surface area contributed by atoms with Gasteiger partial charge in [0.15, 0.2) is 9.84 Å². The first-order valence-electron chi connectivity index (χ1n) is 4.45. The first-order chi connectivity index (χ1) is 6.10. The van der Waals surface area contributed by atoms with Crippen LogP contribution in [0.15, 0.2) is 23.1 Å². The van der Waals surface area contributed by atoms with Crippen LogP contribution in [0.25, 0.3) is 0 Å². The van der Waals surface area contributed by atoms with Gasteiger partial charge in [0, 0.05) is 5.92 Å². The SMILES string of the molecule is Cc1ccc2c(c1)[C@H]1CC1S2(=O)=O. The summed E-state index contributed by atoms with van der Waals surface area (Å²) in [6.07, 6.45) is 0.846. The van der Waals surface area contributed by atoms with Crippen LogP contribution < -0.4 is 0 Å². The van der Waals surface area contributed by atoms with Gasteiger partial charge in [0.2, 0.25) is 0 Å². The lowest BCUT2D eigenvalue weighted by molar-refractivity contribution is 0.597. The second kappa shape index (κ2) is 1.98. The van der Waals surface area contributed by atoms with Crippen molar-refractivity contribution < 1.29 is 8.42 Å². The molecule has 68 valence electrons. The highest BCUT2D eigenvalue weighted by atomic mass is 32.2. The van der Waals surface area contributed by atoms with Gasteiger partial charge in [0.25, 0.3) is 0 Å². The molecule has 2 atom stereocenters. The lowest BCUT2D eigenvalue weighted by Crippen LogP contribution is -2.03. The Labute approximate surface area is 77.5 Å². The van der Waals surface area contributed by atoms with E-state index in [1.54, 1.807) is 6.07 Å². The third kappa shape index (κ3) is 0.804. The van der Waals surface area contributed by atoms with Crippen LogP contribution in [0.3, 0.4) is 0 Å². The fourth-order valence-corrected chi connectivity index (χ4v) is 4.38. The van der Waals surface area contributed by atoms with Gasteiger partial charge in [-0.05, 0) is 25.0 Å². The summed E-state index contributed by atoms with van der Waals surface area (Å²) < 4.78 is 23.5. The summed E-state index contributed by atoms with van der Waals surface area (Å²) in [7, 11) is -2.93. The van der Waals surface area contributed by atoms with Gasteiger partial charge in [-0.25, -0.2) is 8.42 Å². The highest BCUT2D eigenvalue weighted by Gasteiger charge is 2.56. The first kappa shape index (κ1) is 7.56. The number of benzene rings is 1. The maximum absolute atomic E-state index is 11.7. The van der Waals surface area contributed by atoms with E-state index in [1.165, 1.54) is 0 Å². The summed E-state index contributed by atoms with van der Waals surface area (Å²) in [5.74, 6) is 0.319. The molecule has 1 aliphatic carbocycles. The van der Waals surface area contributed by atoms with Crippen molar-refractivity contribution in [1.29, 1.82) is 0 Å². The topological polar surface area (TPSA) is 34.1 Å². The van der Waals surface area contributed by atoms with Crippen LogP contribution in [0.2, 0.25) is 0 Å². The molecule has 2 nitrogen and oxygen atoms in total. The average molecular weight is 194 g/mol. The lowest BCUT2D eigenvalue weighted by Gasteiger charge is -2.02. The van der Waals surface area contributed by atoms with Gasteiger partial charge in [0.05, 0.1) is 10.1 Å². The maximum Gasteiger partial charge on any atom is 0.182 e. The van der Waals surface area contributed by atoms with E-state index in [-0.39, 0.29) is 5.25 Å². The molecule has 0 N–H and O–H groups in total. The third-order valence-electron chi connectivity index (χ3n) is 3.00. The van der Waals surface area contributed by atoms with Crippen LogP contribution in [0.1, 0.15) is 23.5 Å². The van der Waals surface area contributed by atoms with Crippen LogP contribution in [-0.4, -0.2) is 13.7 Å². The van der Waals surface area contributed by atoms with Crippen LogP contribution in [0.5, 0.6) is 0 Å². The molecule has 0 amide bonds. The molecule has 3 rings (SSSR count). The molecule has 0 radical (unpaired) electrons. The monoisotopic (exact) mass is 194 g/mol. The van der Waals surface area contributed by atoms with Gasteiger partial charge in [-0.2, -0.15) is 0 Å². The van der Waals surface area contributed by atoms with Crippen LogP contribution >= 0.6 is 0 Å². The summed E-state index contributed by atoms with van der Waals surface area (Å²) in [4.78, 5) is 0.583. The van der Waals surface area contributed by atoms with Crippen molar-refractivity contribution in [2.75, 3.05) is 0 Å². The molecule has 1 fully saturated rings. The molecule has 1 heterocycles. The third-order valence-corrected chi connectivity index (χ3v) is 5.30. The second-order valence-electron chi connectivity index (χ2n) is 3.97. The summed E-state index contributed by atoms with van der Waals surface area (Å²) >= 11 is 0. The molecule has 0 saturated heterocycles. The zero-order valence-electron chi connectivity index (χ0n) is 7.32. The predicted molar refractivity (Wildman–Crippen MR) is 49.5 cm³/mol. The van der Waals surface area contributed by atoms with Crippen LogP contribution in [0, 0.1) is 6.92 Å². The van der Waals surface area contributed by atoms with E-state index in [4.69, 9.17) is 0 Å². The molecule has 0 spiro atoms. The highest BCUT2D eigenvalue weighted by Crippen LogP contribution is 2.56. The first-order valence-corrected chi connectivity index (χ1v) is 6.00. The molecular weight excluding hydrogens is 184 g/mol. The highest BCUT2D eigenvalue weighted by molar-refractivity contribution is 7.92. The Hall–Kier alpha value is -0.830. The molecule has 0 aromatic heterocycles. The molecule has 1 unspecified atom stereocenters. The number of rotatable bonds is 0. The largest absolute Gasteiger partial charge is 0.223 e. The van der Waals surface area contributed by atoms with E-state index in [0.717, 1.165) is 17.5 Å². The molecule has 2 aliphatic rings. The maximum atomic E-state index is 11.7. The standard InChI is InChI=1S/C10H10O2S/c1-6-2-3-9-7(4-6)8-5-10(8)13(9,11)12/h2-4,8,10H,5H2,1H3/t8-,10?/m1/s1. The summed E-state index contributed by atoms with van der Waals surface area (Å²) in [5.41, 5.74) is 2.21. The van der Waals surface area contributed by atoms with E-state index < -0.39 is 9.84 Å². The van der Waals surface area contributed by atoms with Crippen LogP contribution in [-0.2, 0) is 9.84 Å². The van der Waals surface area contributed by atoms with Crippen molar-refractivity contribution in [2.45, 2.75) is 29.4 Å². The molecule has 13 heavy (non-hydrogen) atoms.